The predicted molar refractivity (Wildman–Crippen MR) is 151 cm³/mol. The summed E-state index contributed by atoms with van der Waals surface area (Å²) >= 11 is 0. The van der Waals surface area contributed by atoms with E-state index < -0.39 is 23.5 Å². The fourth-order valence-corrected chi connectivity index (χ4v) is 4.93. The van der Waals surface area contributed by atoms with Crippen molar-refractivity contribution in [2.24, 2.45) is 0 Å². The third-order valence-electron chi connectivity index (χ3n) is 7.21. The summed E-state index contributed by atoms with van der Waals surface area (Å²) in [6.45, 7) is 12.8. The number of ketones is 1. The highest BCUT2D eigenvalue weighted by Crippen LogP contribution is 2.43. The number of fused-ring (bicyclic) bond motifs is 1. The Morgan fingerprint density at radius 3 is 1.92 bits per heavy atom. The maximum atomic E-state index is 13.9. The molecule has 38 heavy (non-hydrogen) atoms. The monoisotopic (exact) mass is 507 g/mol. The third-order valence-corrected chi connectivity index (χ3v) is 7.21. The van der Waals surface area contributed by atoms with Crippen molar-refractivity contribution in [3.05, 3.63) is 113 Å². The zero-order valence-electron chi connectivity index (χ0n) is 22.7. The zero-order valence-corrected chi connectivity index (χ0v) is 22.7. The van der Waals surface area contributed by atoms with Crippen LogP contribution in [0.4, 0.5) is 5.69 Å². The van der Waals surface area contributed by atoms with Crippen LogP contribution in [0.5, 0.6) is 0 Å². The summed E-state index contributed by atoms with van der Waals surface area (Å²) < 4.78 is 5.84. The maximum Gasteiger partial charge on any atom is 0.294 e. The molecule has 1 atom stereocenters. The predicted octanol–water partition coefficient (Wildman–Crippen LogP) is 7.81. The zero-order chi connectivity index (χ0) is 27.4. The van der Waals surface area contributed by atoms with Gasteiger partial charge < -0.3 is 9.52 Å². The lowest BCUT2D eigenvalue weighted by molar-refractivity contribution is -0.117. The van der Waals surface area contributed by atoms with Crippen molar-refractivity contribution in [3.8, 4) is 0 Å². The first-order chi connectivity index (χ1) is 17.9. The Bertz CT molecular complexity index is 1530. The van der Waals surface area contributed by atoms with Gasteiger partial charge in [0, 0.05) is 11.1 Å². The molecule has 1 N–H and O–H groups in total. The van der Waals surface area contributed by atoms with E-state index in [4.69, 9.17) is 4.42 Å². The molecule has 3 aromatic carbocycles. The molecule has 0 radical (unpaired) electrons. The summed E-state index contributed by atoms with van der Waals surface area (Å²) in [6.07, 6.45) is 0. The molecule has 0 spiro atoms. The number of para-hydroxylation sites is 1. The molecule has 1 unspecified atom stereocenters. The number of benzene rings is 3. The van der Waals surface area contributed by atoms with Crippen molar-refractivity contribution in [2.75, 3.05) is 4.90 Å². The van der Waals surface area contributed by atoms with E-state index in [1.54, 1.807) is 12.1 Å². The van der Waals surface area contributed by atoms with Crippen molar-refractivity contribution in [3.63, 3.8) is 0 Å². The lowest BCUT2D eigenvalue weighted by atomic mass is 9.85. The van der Waals surface area contributed by atoms with Gasteiger partial charge in [0.2, 0.25) is 5.78 Å². The van der Waals surface area contributed by atoms with Crippen molar-refractivity contribution in [1.82, 2.24) is 0 Å². The van der Waals surface area contributed by atoms with E-state index in [2.05, 4.69) is 41.5 Å². The fourth-order valence-electron chi connectivity index (χ4n) is 4.93. The van der Waals surface area contributed by atoms with E-state index in [0.29, 0.717) is 11.3 Å². The van der Waals surface area contributed by atoms with Crippen molar-refractivity contribution in [1.29, 1.82) is 0 Å². The highest BCUT2D eigenvalue weighted by atomic mass is 16.3. The number of carbonyl (C=O) groups is 2. The fraction of sp³-hybridized carbons (Fsp3) is 0.273. The van der Waals surface area contributed by atoms with Gasteiger partial charge in [-0.15, -0.1) is 0 Å². The van der Waals surface area contributed by atoms with E-state index in [1.807, 2.05) is 66.7 Å². The van der Waals surface area contributed by atoms with E-state index in [0.717, 1.165) is 22.1 Å². The Labute approximate surface area is 223 Å². The molecule has 0 fully saturated rings. The molecular formula is C33H33NO4. The largest absolute Gasteiger partial charge is 0.503 e. The normalized spacial score (nSPS) is 16.5. The van der Waals surface area contributed by atoms with Gasteiger partial charge in [0.25, 0.3) is 5.91 Å². The standard InChI is InChI=1S/C33H33NO4/c1-32(2,3)22-13-11-20(12-14-22)28-27(29(35)26-19-21-9-7-8-10-25(21)38-26)30(36)31(37)34(28)24-17-15-23(16-18-24)33(4,5)6/h7-19,28,36H,1-6H3. The molecule has 1 aromatic heterocycles. The summed E-state index contributed by atoms with van der Waals surface area (Å²) in [7, 11) is 0. The van der Waals surface area contributed by atoms with Crippen LogP contribution in [0.2, 0.25) is 0 Å². The number of rotatable bonds is 4. The summed E-state index contributed by atoms with van der Waals surface area (Å²) in [6, 6.07) is 23.8. The SMILES string of the molecule is CC(C)(C)c1ccc(C2C(C(=O)c3cc4ccccc4o3)=C(O)C(=O)N2c2ccc(C(C)(C)C)cc2)cc1. The molecule has 1 amide bonds. The lowest BCUT2D eigenvalue weighted by Crippen LogP contribution is -2.31. The minimum atomic E-state index is -0.808. The van der Waals surface area contributed by atoms with Crippen molar-refractivity contribution < 1.29 is 19.1 Å². The van der Waals surface area contributed by atoms with Crippen LogP contribution >= 0.6 is 0 Å². The van der Waals surface area contributed by atoms with E-state index in [9.17, 15) is 14.7 Å². The van der Waals surface area contributed by atoms with Crippen LogP contribution in [0.1, 0.15) is 74.8 Å². The van der Waals surface area contributed by atoms with Gasteiger partial charge >= 0.3 is 0 Å². The number of Topliss-reactive ketones (excluding diaryl/α,β-unsaturated/α-hetero) is 1. The average Bonchev–Trinajstić information content (AvgIpc) is 3.42. The second kappa shape index (κ2) is 9.02. The second-order valence-corrected chi connectivity index (χ2v) is 12.0. The van der Waals surface area contributed by atoms with Crippen LogP contribution in [0.3, 0.4) is 0 Å². The van der Waals surface area contributed by atoms with Gasteiger partial charge in [0.15, 0.2) is 11.5 Å². The number of aliphatic hydroxyl groups excluding tert-OH is 1. The Morgan fingerprint density at radius 2 is 1.37 bits per heavy atom. The van der Waals surface area contributed by atoms with Crippen molar-refractivity contribution >= 4 is 28.3 Å². The van der Waals surface area contributed by atoms with Crippen LogP contribution in [0.25, 0.3) is 11.0 Å². The van der Waals surface area contributed by atoms with Gasteiger partial charge in [-0.05, 0) is 51.8 Å². The summed E-state index contributed by atoms with van der Waals surface area (Å²) in [5, 5.41) is 11.9. The van der Waals surface area contributed by atoms with Crippen molar-refractivity contribution in [2.45, 2.75) is 58.4 Å². The molecule has 194 valence electrons. The second-order valence-electron chi connectivity index (χ2n) is 12.0. The topological polar surface area (TPSA) is 70.7 Å². The molecule has 1 aliphatic heterocycles. The third kappa shape index (κ3) is 4.43. The Balaban J connectivity index is 1.63. The number of aliphatic hydroxyl groups is 1. The molecule has 2 heterocycles. The molecule has 5 heteroatoms. The molecule has 0 bridgehead atoms. The van der Waals surface area contributed by atoms with Gasteiger partial charge in [-0.25, -0.2) is 0 Å². The molecule has 5 rings (SSSR count). The molecule has 0 saturated heterocycles. The van der Waals surface area contributed by atoms with Gasteiger partial charge in [-0.3, -0.25) is 14.5 Å². The molecule has 0 aliphatic carbocycles. The minimum absolute atomic E-state index is 0.0115. The smallest absolute Gasteiger partial charge is 0.294 e. The Hall–Kier alpha value is -4.12. The molecule has 5 nitrogen and oxygen atoms in total. The number of hydrogen-bond donors (Lipinski definition) is 1. The number of hydrogen-bond acceptors (Lipinski definition) is 4. The lowest BCUT2D eigenvalue weighted by Gasteiger charge is -2.28. The minimum Gasteiger partial charge on any atom is -0.503 e. The number of anilines is 1. The summed E-state index contributed by atoms with van der Waals surface area (Å²) in [5.74, 6) is -1.59. The van der Waals surface area contributed by atoms with Gasteiger partial charge in [-0.2, -0.15) is 0 Å². The number of carbonyl (C=O) groups excluding carboxylic acids is 2. The summed E-state index contributed by atoms with van der Waals surface area (Å²) in [4.78, 5) is 28.9. The molecular weight excluding hydrogens is 474 g/mol. The number of furan rings is 1. The molecule has 1 aliphatic rings. The van der Waals surface area contributed by atoms with Crippen LogP contribution < -0.4 is 4.90 Å². The van der Waals surface area contributed by atoms with E-state index in [-0.39, 0.29) is 22.2 Å². The highest BCUT2D eigenvalue weighted by Gasteiger charge is 2.45. The van der Waals surface area contributed by atoms with Crippen LogP contribution in [-0.4, -0.2) is 16.8 Å². The van der Waals surface area contributed by atoms with Gasteiger partial charge in [0.1, 0.15) is 5.58 Å². The van der Waals surface area contributed by atoms with Gasteiger partial charge in [-0.1, -0.05) is 96.1 Å². The van der Waals surface area contributed by atoms with E-state index >= 15 is 0 Å². The number of amides is 1. The van der Waals surface area contributed by atoms with E-state index in [1.165, 1.54) is 4.90 Å². The van der Waals surface area contributed by atoms with Crippen LogP contribution in [-0.2, 0) is 15.6 Å². The Morgan fingerprint density at radius 1 is 0.816 bits per heavy atom. The molecule has 0 saturated carbocycles. The maximum absolute atomic E-state index is 13.9. The first kappa shape index (κ1) is 25.5. The quantitative estimate of drug-likeness (QED) is 0.286. The average molecular weight is 508 g/mol. The molecule has 4 aromatic rings. The summed E-state index contributed by atoms with van der Waals surface area (Å²) in [5.41, 5.74) is 4.05. The first-order valence-electron chi connectivity index (χ1n) is 12.9. The van der Waals surface area contributed by atoms with Gasteiger partial charge in [0.05, 0.1) is 11.6 Å². The Kier molecular flexibility index (Phi) is 6.06. The van der Waals surface area contributed by atoms with Crippen LogP contribution in [0, 0.1) is 0 Å². The highest BCUT2D eigenvalue weighted by molar-refractivity contribution is 6.20. The first-order valence-corrected chi connectivity index (χ1v) is 12.9. The number of nitrogens with zero attached hydrogens (tertiary/aromatic N) is 1. The van der Waals surface area contributed by atoms with Crippen LogP contribution in [0.15, 0.2) is 94.6 Å².